The molecule has 2 atom stereocenters. The van der Waals surface area contributed by atoms with E-state index in [-0.39, 0.29) is 18.9 Å². The number of amides is 1. The zero-order valence-electron chi connectivity index (χ0n) is 28.7. The number of methoxy groups -OCH3 is 1. The van der Waals surface area contributed by atoms with E-state index in [1.807, 2.05) is 121 Å². The second-order valence-electron chi connectivity index (χ2n) is 12.2. The molecule has 5 aromatic rings. The van der Waals surface area contributed by atoms with E-state index in [0.29, 0.717) is 37.6 Å². The van der Waals surface area contributed by atoms with E-state index < -0.39 is 11.6 Å². The molecular formula is C43H43N3O5. The predicted molar refractivity (Wildman–Crippen MR) is 202 cm³/mol. The number of benzene rings is 5. The maximum absolute atomic E-state index is 14.5. The molecule has 8 heteroatoms. The van der Waals surface area contributed by atoms with E-state index in [4.69, 9.17) is 24.3 Å². The molecule has 1 aliphatic rings. The monoisotopic (exact) mass is 681 g/mol. The molecule has 1 amide bonds. The molecule has 1 heterocycles. The second-order valence-corrected chi connectivity index (χ2v) is 12.2. The number of ether oxygens (including phenoxy) is 3. The number of aliphatic imine (C=N–C) groups is 1. The lowest BCUT2D eigenvalue weighted by Gasteiger charge is -2.30. The summed E-state index contributed by atoms with van der Waals surface area (Å²) in [5.74, 6) is 1.53. The number of aliphatic hydroxyl groups is 1. The highest BCUT2D eigenvalue weighted by molar-refractivity contribution is 6.01. The van der Waals surface area contributed by atoms with Gasteiger partial charge in [0.25, 0.3) is 5.91 Å². The molecule has 3 N–H and O–H groups in total. The van der Waals surface area contributed by atoms with Crippen LogP contribution in [0.2, 0.25) is 0 Å². The van der Waals surface area contributed by atoms with Gasteiger partial charge in [-0.15, -0.1) is 0 Å². The van der Waals surface area contributed by atoms with Crippen molar-refractivity contribution in [2.45, 2.75) is 30.9 Å². The molecule has 0 bridgehead atoms. The van der Waals surface area contributed by atoms with Crippen LogP contribution < -0.4 is 20.3 Å². The molecule has 0 aliphatic carbocycles. The van der Waals surface area contributed by atoms with Gasteiger partial charge in [0, 0.05) is 31.6 Å². The number of carbonyl (C=O) groups is 1. The van der Waals surface area contributed by atoms with Gasteiger partial charge in [-0.25, -0.2) is 10.4 Å². The lowest BCUT2D eigenvalue weighted by Crippen LogP contribution is -2.52. The van der Waals surface area contributed by atoms with Crippen LogP contribution >= 0.6 is 0 Å². The SMILES string of the molecule is COc1ccccc1CCNNC(=O)[C@@]1(C/C=C/c2ccccc2)N=C(c2ccc(OCCCO)cc2)O[C@H]1c1ccc(-c2ccccc2)cc1. The summed E-state index contributed by atoms with van der Waals surface area (Å²) in [5, 5.41) is 9.13. The summed E-state index contributed by atoms with van der Waals surface area (Å²) in [6.45, 7) is 0.956. The lowest BCUT2D eigenvalue weighted by molar-refractivity contribution is -0.129. The largest absolute Gasteiger partial charge is 0.496 e. The third-order valence-electron chi connectivity index (χ3n) is 8.80. The summed E-state index contributed by atoms with van der Waals surface area (Å²) in [4.78, 5) is 19.7. The Morgan fingerprint density at radius 1 is 0.843 bits per heavy atom. The number of carbonyl (C=O) groups excluding carboxylic acids is 1. The molecule has 0 saturated heterocycles. The minimum atomic E-state index is -1.34. The zero-order valence-corrected chi connectivity index (χ0v) is 28.7. The minimum absolute atomic E-state index is 0.0641. The van der Waals surface area contributed by atoms with Crippen molar-refractivity contribution in [2.75, 3.05) is 26.9 Å². The predicted octanol–water partition coefficient (Wildman–Crippen LogP) is 7.35. The normalized spacial score (nSPS) is 16.7. The van der Waals surface area contributed by atoms with Crippen LogP contribution in [0.3, 0.4) is 0 Å². The maximum atomic E-state index is 14.5. The number of hydrogen-bond donors (Lipinski definition) is 3. The molecule has 51 heavy (non-hydrogen) atoms. The van der Waals surface area contributed by atoms with Gasteiger partial charge in [0.1, 0.15) is 11.5 Å². The average molecular weight is 682 g/mol. The first kappa shape index (κ1) is 35.1. The number of para-hydroxylation sites is 1. The topological polar surface area (TPSA) is 101 Å². The van der Waals surface area contributed by atoms with E-state index in [1.165, 1.54) is 0 Å². The summed E-state index contributed by atoms with van der Waals surface area (Å²) in [5.41, 5.74) is 10.5. The van der Waals surface area contributed by atoms with Gasteiger partial charge in [-0.1, -0.05) is 115 Å². The van der Waals surface area contributed by atoms with Crippen LogP contribution in [0.4, 0.5) is 0 Å². The second kappa shape index (κ2) is 17.3. The lowest BCUT2D eigenvalue weighted by atomic mass is 9.84. The van der Waals surface area contributed by atoms with Gasteiger partial charge < -0.3 is 19.3 Å². The molecule has 0 aromatic heterocycles. The molecule has 260 valence electrons. The fourth-order valence-corrected chi connectivity index (χ4v) is 6.09. The van der Waals surface area contributed by atoms with Crippen LogP contribution in [0.1, 0.15) is 41.2 Å². The molecule has 6 rings (SSSR count). The van der Waals surface area contributed by atoms with Crippen LogP contribution in [-0.2, 0) is 16.0 Å². The van der Waals surface area contributed by atoms with Gasteiger partial charge in [-0.2, -0.15) is 0 Å². The van der Waals surface area contributed by atoms with Crippen molar-refractivity contribution in [2.24, 2.45) is 4.99 Å². The molecule has 0 radical (unpaired) electrons. The Morgan fingerprint density at radius 3 is 2.24 bits per heavy atom. The first-order chi connectivity index (χ1) is 25.1. The summed E-state index contributed by atoms with van der Waals surface area (Å²) in [6, 6.07) is 43.6. The third kappa shape index (κ3) is 8.73. The number of aliphatic hydroxyl groups excluding tert-OH is 1. The van der Waals surface area contributed by atoms with Gasteiger partial charge in [0.15, 0.2) is 11.6 Å². The van der Waals surface area contributed by atoms with E-state index in [1.54, 1.807) is 7.11 Å². The molecule has 1 aliphatic heterocycles. The molecule has 5 aromatic carbocycles. The number of nitrogens with one attached hydrogen (secondary N) is 2. The first-order valence-corrected chi connectivity index (χ1v) is 17.2. The number of nitrogens with zero attached hydrogens (tertiary/aromatic N) is 1. The maximum Gasteiger partial charge on any atom is 0.266 e. The van der Waals surface area contributed by atoms with Crippen molar-refractivity contribution >= 4 is 17.9 Å². The molecule has 8 nitrogen and oxygen atoms in total. The Kier molecular flexibility index (Phi) is 11.9. The quantitative estimate of drug-likeness (QED) is 0.0744. The molecular weight excluding hydrogens is 638 g/mol. The van der Waals surface area contributed by atoms with E-state index in [9.17, 15) is 4.79 Å². The van der Waals surface area contributed by atoms with Crippen molar-refractivity contribution in [3.8, 4) is 22.6 Å². The van der Waals surface area contributed by atoms with Crippen molar-refractivity contribution < 1.29 is 24.1 Å². The number of rotatable bonds is 16. The minimum Gasteiger partial charge on any atom is -0.496 e. The van der Waals surface area contributed by atoms with E-state index in [0.717, 1.165) is 39.1 Å². The fourth-order valence-electron chi connectivity index (χ4n) is 6.09. The van der Waals surface area contributed by atoms with Crippen molar-refractivity contribution in [3.05, 3.63) is 162 Å². The van der Waals surface area contributed by atoms with E-state index >= 15 is 0 Å². The molecule has 0 spiro atoms. The van der Waals surface area contributed by atoms with Crippen molar-refractivity contribution in [1.82, 2.24) is 10.9 Å². The Bertz CT molecular complexity index is 1910. The highest BCUT2D eigenvalue weighted by Crippen LogP contribution is 2.43. The molecule has 0 unspecified atom stereocenters. The standard InChI is InChI=1S/C43H43N3O5/c1-49-39-18-9-8-17-35(39)27-29-44-46-42(48)43(28-10-14-32-12-4-2-5-13-32)40(36-21-19-34(20-22-36)33-15-6-3-7-16-33)51-41(45-43)37-23-25-38(26-24-37)50-31-11-30-47/h2-10,12-26,40,44,47H,11,27-31H2,1H3,(H,46,48)/b14-10+/t40-,43-/m0/s1. The zero-order chi connectivity index (χ0) is 35.3. The smallest absolute Gasteiger partial charge is 0.266 e. The summed E-state index contributed by atoms with van der Waals surface area (Å²) in [7, 11) is 1.65. The third-order valence-corrected chi connectivity index (χ3v) is 8.80. The first-order valence-electron chi connectivity index (χ1n) is 17.2. The van der Waals surface area contributed by atoms with Crippen LogP contribution in [0.25, 0.3) is 17.2 Å². The van der Waals surface area contributed by atoms with Crippen LogP contribution in [-0.4, -0.2) is 49.3 Å². The Morgan fingerprint density at radius 2 is 1.51 bits per heavy atom. The van der Waals surface area contributed by atoms with Gasteiger partial charge in [0.05, 0.1) is 13.7 Å². The number of hydrogen-bond acceptors (Lipinski definition) is 7. The molecule has 0 saturated carbocycles. The van der Waals surface area contributed by atoms with Gasteiger partial charge in [-0.3, -0.25) is 10.2 Å². The molecule has 0 fully saturated rings. The highest BCUT2D eigenvalue weighted by Gasteiger charge is 2.52. The van der Waals surface area contributed by atoms with Gasteiger partial charge in [0.2, 0.25) is 5.90 Å². The highest BCUT2D eigenvalue weighted by atomic mass is 16.5. The fraction of sp³-hybridized carbons (Fsp3) is 0.209. The Hall–Kier alpha value is -5.70. The van der Waals surface area contributed by atoms with E-state index in [2.05, 4.69) is 35.1 Å². The van der Waals surface area contributed by atoms with Crippen LogP contribution in [0.5, 0.6) is 11.5 Å². The van der Waals surface area contributed by atoms with Crippen LogP contribution in [0, 0.1) is 0 Å². The Labute approximate surface area is 299 Å². The van der Waals surface area contributed by atoms with Crippen LogP contribution in [0.15, 0.2) is 145 Å². The summed E-state index contributed by atoms with van der Waals surface area (Å²) >= 11 is 0. The van der Waals surface area contributed by atoms with Crippen molar-refractivity contribution in [1.29, 1.82) is 0 Å². The Balaban J connectivity index is 1.33. The average Bonchev–Trinajstić information content (AvgIpc) is 3.58. The summed E-state index contributed by atoms with van der Waals surface area (Å²) < 4.78 is 18.0. The summed E-state index contributed by atoms with van der Waals surface area (Å²) in [6.07, 6.45) is 4.74. The number of hydrazine groups is 1. The van der Waals surface area contributed by atoms with Crippen molar-refractivity contribution in [3.63, 3.8) is 0 Å². The van der Waals surface area contributed by atoms with Gasteiger partial charge >= 0.3 is 0 Å². The van der Waals surface area contributed by atoms with Gasteiger partial charge in [-0.05, 0) is 64.6 Å².